The Bertz CT molecular complexity index is 1600. The fourth-order valence-electron chi connectivity index (χ4n) is 7.47. The number of nitrogens with zero attached hydrogens (tertiary/aromatic N) is 1. The number of hydrogen-bond acceptors (Lipinski definition) is 9. The SMILES string of the molecule is CCC[C@H](NC(=O)[C@@H]1C[C@]2(C=C(c3cccc(Cl)c3)NO2)CN1C(=O)[C@@H](NC(=O)CC1CCCCC1)C(C)(C)C)C(=O)C(=O)NC1(C(=O)OC)CC1. The fraction of sp³-hybridized carbons (Fsp3) is 0.632. The van der Waals surface area contributed by atoms with Gasteiger partial charge in [0.2, 0.25) is 23.5 Å². The number of hydrogen-bond donors (Lipinski definition) is 4. The van der Waals surface area contributed by atoms with Crippen molar-refractivity contribution in [3.63, 3.8) is 0 Å². The predicted molar refractivity (Wildman–Crippen MR) is 193 cm³/mol. The number of esters is 1. The van der Waals surface area contributed by atoms with Crippen LogP contribution in [-0.2, 0) is 38.3 Å². The van der Waals surface area contributed by atoms with Gasteiger partial charge in [0.25, 0.3) is 5.91 Å². The Kier molecular flexibility index (Phi) is 12.0. The van der Waals surface area contributed by atoms with E-state index in [1.807, 2.05) is 39.8 Å². The summed E-state index contributed by atoms with van der Waals surface area (Å²) in [5, 5.41) is 8.77. The maximum atomic E-state index is 14.6. The number of carbonyl (C=O) groups excluding carboxylic acids is 6. The monoisotopic (exact) mass is 741 g/mol. The Morgan fingerprint density at radius 1 is 1.08 bits per heavy atom. The van der Waals surface area contributed by atoms with Crippen LogP contribution < -0.4 is 21.4 Å². The second-order valence-corrected chi connectivity index (χ2v) is 16.3. The first-order valence-electron chi connectivity index (χ1n) is 18.4. The molecule has 1 aromatic rings. The first-order valence-corrected chi connectivity index (χ1v) is 18.8. The van der Waals surface area contributed by atoms with E-state index in [1.165, 1.54) is 12.0 Å². The van der Waals surface area contributed by atoms with Crippen molar-refractivity contribution in [3.8, 4) is 0 Å². The average Bonchev–Trinajstić information content (AvgIpc) is 3.61. The van der Waals surface area contributed by atoms with Gasteiger partial charge in [0.15, 0.2) is 0 Å². The third-order valence-corrected chi connectivity index (χ3v) is 10.8. The molecule has 0 radical (unpaired) electrons. The highest BCUT2D eigenvalue weighted by Crippen LogP contribution is 2.40. The summed E-state index contributed by atoms with van der Waals surface area (Å²) in [5.41, 5.74) is 1.20. The quantitative estimate of drug-likeness (QED) is 0.174. The minimum absolute atomic E-state index is 0.0270. The van der Waals surface area contributed by atoms with Crippen LogP contribution in [0.4, 0.5) is 0 Å². The first kappa shape index (κ1) is 39.2. The number of halogens is 1. The highest BCUT2D eigenvalue weighted by molar-refractivity contribution is 6.39. The molecule has 13 nitrogen and oxygen atoms in total. The van der Waals surface area contributed by atoms with E-state index in [0.29, 0.717) is 36.4 Å². The van der Waals surface area contributed by atoms with Crippen LogP contribution in [0.3, 0.4) is 0 Å². The van der Waals surface area contributed by atoms with Crippen molar-refractivity contribution in [3.05, 3.63) is 40.9 Å². The summed E-state index contributed by atoms with van der Waals surface area (Å²) < 4.78 is 4.80. The standard InChI is InChI=1S/C38H52ClN5O8/c1-6-11-26(30(46)33(48)42-38(16-17-38)35(50)51-5)40-32(47)28-21-37(20-27(43-52-37)24-14-10-15-25(39)19-24)22-44(28)34(49)31(36(2,3)4)41-29(45)18-23-12-8-7-9-13-23/h10,14-15,19-20,23,26,28,31,43H,6-9,11-13,16-18,21-22H2,1-5H3,(H,40,47)(H,41,45)(H,42,48)/t26-,28-,31+,37+/m0/s1. The number of benzene rings is 1. The normalized spacial score (nSPS) is 23.5. The molecule has 3 fully saturated rings. The molecular weight excluding hydrogens is 690 g/mol. The van der Waals surface area contributed by atoms with Gasteiger partial charge in [0.1, 0.15) is 23.2 Å². The molecule has 0 aromatic heterocycles. The number of carbonyl (C=O) groups is 6. The molecule has 2 heterocycles. The van der Waals surface area contributed by atoms with E-state index in [1.54, 1.807) is 18.2 Å². The van der Waals surface area contributed by atoms with Gasteiger partial charge in [0.05, 0.1) is 25.4 Å². The number of likely N-dealkylation sites (tertiary alicyclic amines) is 1. The van der Waals surface area contributed by atoms with Crippen molar-refractivity contribution in [2.75, 3.05) is 13.7 Å². The molecule has 5 rings (SSSR count). The molecule has 2 aliphatic carbocycles. The van der Waals surface area contributed by atoms with Crippen molar-refractivity contribution < 1.29 is 38.3 Å². The van der Waals surface area contributed by atoms with Gasteiger partial charge >= 0.3 is 5.97 Å². The molecule has 1 saturated heterocycles. The Morgan fingerprint density at radius 3 is 2.40 bits per heavy atom. The highest BCUT2D eigenvalue weighted by Gasteiger charge is 2.55. The first-order chi connectivity index (χ1) is 24.6. The molecule has 14 heteroatoms. The highest BCUT2D eigenvalue weighted by atomic mass is 35.5. The Balaban J connectivity index is 1.40. The topological polar surface area (TPSA) is 172 Å². The maximum absolute atomic E-state index is 14.6. The van der Waals surface area contributed by atoms with Crippen LogP contribution in [0.15, 0.2) is 30.3 Å². The van der Waals surface area contributed by atoms with E-state index in [2.05, 4.69) is 21.4 Å². The van der Waals surface area contributed by atoms with E-state index in [4.69, 9.17) is 21.2 Å². The molecule has 284 valence electrons. The number of methoxy groups -OCH3 is 1. The number of nitrogens with one attached hydrogen (secondary N) is 4. The van der Waals surface area contributed by atoms with Crippen molar-refractivity contribution >= 4 is 52.7 Å². The van der Waals surface area contributed by atoms with Crippen LogP contribution in [0.25, 0.3) is 5.70 Å². The largest absolute Gasteiger partial charge is 0.467 e. The van der Waals surface area contributed by atoms with Gasteiger partial charge in [-0.05, 0) is 61.6 Å². The van der Waals surface area contributed by atoms with Crippen LogP contribution >= 0.6 is 11.6 Å². The Labute approximate surface area is 310 Å². The summed E-state index contributed by atoms with van der Waals surface area (Å²) in [7, 11) is 1.21. The minimum Gasteiger partial charge on any atom is -0.467 e. The lowest BCUT2D eigenvalue weighted by Gasteiger charge is -2.36. The van der Waals surface area contributed by atoms with Crippen LogP contribution in [0.5, 0.6) is 0 Å². The van der Waals surface area contributed by atoms with E-state index in [9.17, 15) is 28.8 Å². The molecule has 2 aliphatic heterocycles. The van der Waals surface area contributed by atoms with E-state index >= 15 is 0 Å². The van der Waals surface area contributed by atoms with Crippen molar-refractivity contribution in [2.24, 2.45) is 11.3 Å². The number of ether oxygens (including phenoxy) is 1. The summed E-state index contributed by atoms with van der Waals surface area (Å²) in [4.78, 5) is 88.6. The second-order valence-electron chi connectivity index (χ2n) is 15.8. The number of rotatable bonds is 13. The van der Waals surface area contributed by atoms with E-state index < -0.39 is 64.2 Å². The molecule has 0 unspecified atom stereocenters. The van der Waals surface area contributed by atoms with Crippen molar-refractivity contribution in [1.82, 2.24) is 26.3 Å². The number of amides is 4. The smallest absolute Gasteiger partial charge is 0.331 e. The summed E-state index contributed by atoms with van der Waals surface area (Å²) in [6.45, 7) is 7.36. The number of Topliss-reactive ketones (excluding diaryl/α,β-unsaturated/α-hetero) is 1. The van der Waals surface area contributed by atoms with Crippen molar-refractivity contribution in [2.45, 2.75) is 128 Å². The summed E-state index contributed by atoms with van der Waals surface area (Å²) in [5.74, 6) is -3.59. The van der Waals surface area contributed by atoms with Gasteiger partial charge in [-0.2, -0.15) is 0 Å². The summed E-state index contributed by atoms with van der Waals surface area (Å²) in [6.07, 6.45) is 8.75. The maximum Gasteiger partial charge on any atom is 0.331 e. The molecule has 0 bridgehead atoms. The zero-order valence-electron chi connectivity index (χ0n) is 30.8. The van der Waals surface area contributed by atoms with Crippen LogP contribution in [-0.4, -0.2) is 83.2 Å². The van der Waals surface area contributed by atoms with E-state index in [0.717, 1.165) is 37.7 Å². The molecule has 4 aliphatic rings. The Morgan fingerprint density at radius 2 is 1.79 bits per heavy atom. The van der Waals surface area contributed by atoms with Crippen LogP contribution in [0.1, 0.15) is 104 Å². The lowest BCUT2D eigenvalue weighted by Crippen LogP contribution is -2.59. The van der Waals surface area contributed by atoms with Gasteiger partial charge in [0, 0.05) is 23.4 Å². The zero-order chi connectivity index (χ0) is 37.8. The van der Waals surface area contributed by atoms with Crippen molar-refractivity contribution in [1.29, 1.82) is 0 Å². The molecule has 1 spiro atoms. The van der Waals surface area contributed by atoms with Gasteiger partial charge in [-0.15, -0.1) is 0 Å². The minimum atomic E-state index is -1.24. The summed E-state index contributed by atoms with van der Waals surface area (Å²) >= 11 is 6.25. The molecule has 4 N–H and O–H groups in total. The van der Waals surface area contributed by atoms with E-state index in [-0.39, 0.29) is 31.2 Å². The zero-order valence-corrected chi connectivity index (χ0v) is 31.5. The lowest BCUT2D eigenvalue weighted by molar-refractivity contribution is -0.148. The molecular formula is C38H52ClN5O8. The lowest BCUT2D eigenvalue weighted by atomic mass is 9.84. The predicted octanol–water partition coefficient (Wildman–Crippen LogP) is 3.73. The fourth-order valence-corrected chi connectivity index (χ4v) is 7.66. The number of hydroxylamine groups is 1. The molecule has 2 saturated carbocycles. The van der Waals surface area contributed by atoms with Crippen LogP contribution in [0, 0.1) is 11.3 Å². The third-order valence-electron chi connectivity index (χ3n) is 10.6. The molecule has 52 heavy (non-hydrogen) atoms. The van der Waals surface area contributed by atoms with Gasteiger partial charge in [-0.3, -0.25) is 34.3 Å². The number of ketones is 1. The van der Waals surface area contributed by atoms with Gasteiger partial charge in [-0.1, -0.05) is 77.1 Å². The summed E-state index contributed by atoms with van der Waals surface area (Å²) in [6, 6.07) is 3.86. The molecule has 1 aromatic carbocycles. The van der Waals surface area contributed by atoms with Crippen LogP contribution in [0.2, 0.25) is 5.02 Å². The molecule has 4 amide bonds. The van der Waals surface area contributed by atoms with Gasteiger partial charge in [-0.25, -0.2) is 4.79 Å². The second kappa shape index (κ2) is 16.0. The Hall–Kier alpha value is -3.97. The van der Waals surface area contributed by atoms with Gasteiger partial charge < -0.3 is 25.6 Å². The third kappa shape index (κ3) is 8.97. The molecule has 4 atom stereocenters. The average molecular weight is 742 g/mol.